The molecule has 108 valence electrons. The van der Waals surface area contributed by atoms with Gasteiger partial charge >= 0.3 is 5.97 Å². The van der Waals surface area contributed by atoms with Crippen molar-refractivity contribution in [2.45, 2.75) is 0 Å². The standard InChI is InChI=1S/C14H12N2O3S2/c1-19-13(18)9-5-2-3-6-10(9)15-14(20)16-12(17)11-7-4-8-21-11/h2-8H,1H3,(H2,15,16,17,20). The molecule has 0 saturated heterocycles. The molecule has 0 aliphatic heterocycles. The molecule has 5 nitrogen and oxygen atoms in total. The van der Waals surface area contributed by atoms with Crippen molar-refractivity contribution in [3.8, 4) is 0 Å². The van der Waals surface area contributed by atoms with Gasteiger partial charge in [0.05, 0.1) is 23.2 Å². The van der Waals surface area contributed by atoms with Crippen LogP contribution in [0.15, 0.2) is 41.8 Å². The second-order valence-electron chi connectivity index (χ2n) is 3.92. The predicted octanol–water partition coefficient (Wildman–Crippen LogP) is 2.66. The van der Waals surface area contributed by atoms with Gasteiger partial charge in [-0.25, -0.2) is 4.79 Å². The van der Waals surface area contributed by atoms with Gasteiger partial charge in [-0.05, 0) is 35.8 Å². The lowest BCUT2D eigenvalue weighted by atomic mass is 10.2. The number of esters is 1. The minimum Gasteiger partial charge on any atom is -0.465 e. The smallest absolute Gasteiger partial charge is 0.339 e. The number of thiophene rings is 1. The topological polar surface area (TPSA) is 67.4 Å². The molecule has 2 rings (SSSR count). The van der Waals surface area contributed by atoms with E-state index in [1.165, 1.54) is 18.4 Å². The van der Waals surface area contributed by atoms with E-state index in [-0.39, 0.29) is 11.0 Å². The van der Waals surface area contributed by atoms with Crippen LogP contribution in [0.4, 0.5) is 5.69 Å². The van der Waals surface area contributed by atoms with Crippen molar-refractivity contribution in [1.82, 2.24) is 5.32 Å². The Morgan fingerprint density at radius 1 is 1.19 bits per heavy atom. The third-order valence-electron chi connectivity index (χ3n) is 2.55. The van der Waals surface area contributed by atoms with Gasteiger partial charge in [-0.3, -0.25) is 10.1 Å². The zero-order valence-corrected chi connectivity index (χ0v) is 12.7. The van der Waals surface area contributed by atoms with E-state index in [4.69, 9.17) is 17.0 Å². The Morgan fingerprint density at radius 2 is 1.95 bits per heavy atom. The maximum absolute atomic E-state index is 11.9. The van der Waals surface area contributed by atoms with Gasteiger partial charge < -0.3 is 10.1 Å². The van der Waals surface area contributed by atoms with Crippen LogP contribution in [0, 0.1) is 0 Å². The van der Waals surface area contributed by atoms with E-state index in [9.17, 15) is 9.59 Å². The first-order valence-corrected chi connectivity index (χ1v) is 7.24. The lowest BCUT2D eigenvalue weighted by molar-refractivity contribution is 0.0602. The zero-order valence-electron chi connectivity index (χ0n) is 11.1. The summed E-state index contributed by atoms with van der Waals surface area (Å²) in [6.45, 7) is 0. The lowest BCUT2D eigenvalue weighted by Gasteiger charge is -2.11. The van der Waals surface area contributed by atoms with Crippen LogP contribution >= 0.6 is 23.6 Å². The molecular weight excluding hydrogens is 308 g/mol. The Hall–Kier alpha value is -2.25. The average molecular weight is 320 g/mol. The third-order valence-corrected chi connectivity index (χ3v) is 3.63. The largest absolute Gasteiger partial charge is 0.465 e. The number of anilines is 1. The van der Waals surface area contributed by atoms with E-state index in [1.807, 2.05) is 0 Å². The molecule has 0 unspecified atom stereocenters. The molecule has 0 radical (unpaired) electrons. The minimum absolute atomic E-state index is 0.116. The number of carbonyl (C=O) groups is 2. The SMILES string of the molecule is COC(=O)c1ccccc1NC(=S)NC(=O)c1cccs1. The fourth-order valence-corrected chi connectivity index (χ4v) is 2.43. The minimum atomic E-state index is -0.481. The summed E-state index contributed by atoms with van der Waals surface area (Å²) < 4.78 is 4.69. The molecule has 0 aliphatic carbocycles. The summed E-state index contributed by atoms with van der Waals surface area (Å²) in [5, 5.41) is 7.30. The molecule has 2 aromatic rings. The van der Waals surface area contributed by atoms with Crippen LogP contribution in [-0.2, 0) is 4.74 Å². The average Bonchev–Trinajstić information content (AvgIpc) is 3.01. The van der Waals surface area contributed by atoms with Crippen LogP contribution in [-0.4, -0.2) is 24.1 Å². The van der Waals surface area contributed by atoms with Gasteiger partial charge in [-0.1, -0.05) is 18.2 Å². The third kappa shape index (κ3) is 3.87. The lowest BCUT2D eigenvalue weighted by Crippen LogP contribution is -2.34. The number of hydrogen-bond donors (Lipinski definition) is 2. The van der Waals surface area contributed by atoms with E-state index < -0.39 is 5.97 Å². The van der Waals surface area contributed by atoms with Crippen molar-refractivity contribution < 1.29 is 14.3 Å². The molecule has 0 aliphatic rings. The number of hydrogen-bond acceptors (Lipinski definition) is 5. The summed E-state index contributed by atoms with van der Waals surface area (Å²) >= 11 is 6.40. The van der Waals surface area contributed by atoms with Gasteiger partial charge in [0.2, 0.25) is 0 Å². The molecule has 1 aromatic carbocycles. The van der Waals surface area contributed by atoms with Crippen molar-refractivity contribution in [2.24, 2.45) is 0 Å². The van der Waals surface area contributed by atoms with Crippen LogP contribution < -0.4 is 10.6 Å². The predicted molar refractivity (Wildman–Crippen MR) is 85.8 cm³/mol. The molecule has 0 bridgehead atoms. The number of benzene rings is 1. The fourth-order valence-electron chi connectivity index (χ4n) is 1.61. The van der Waals surface area contributed by atoms with Crippen molar-refractivity contribution in [3.05, 3.63) is 52.2 Å². The molecule has 1 amide bonds. The van der Waals surface area contributed by atoms with Crippen LogP contribution in [0.5, 0.6) is 0 Å². The Balaban J connectivity index is 2.06. The molecule has 1 heterocycles. The molecule has 0 spiro atoms. The fraction of sp³-hybridized carbons (Fsp3) is 0.0714. The number of rotatable bonds is 3. The highest BCUT2D eigenvalue weighted by Gasteiger charge is 2.13. The highest BCUT2D eigenvalue weighted by molar-refractivity contribution is 7.80. The molecule has 0 fully saturated rings. The first-order valence-electron chi connectivity index (χ1n) is 5.95. The number of para-hydroxylation sites is 1. The Bertz CT molecular complexity index is 669. The quantitative estimate of drug-likeness (QED) is 0.672. The van der Waals surface area contributed by atoms with Crippen LogP contribution in [0.1, 0.15) is 20.0 Å². The van der Waals surface area contributed by atoms with Gasteiger partial charge in [0.25, 0.3) is 5.91 Å². The Kier molecular flexibility index (Phi) is 5.02. The summed E-state index contributed by atoms with van der Waals surface area (Å²) in [7, 11) is 1.30. The number of ether oxygens (including phenoxy) is 1. The van der Waals surface area contributed by atoms with Crippen molar-refractivity contribution in [3.63, 3.8) is 0 Å². The number of amides is 1. The van der Waals surface area contributed by atoms with Crippen LogP contribution in [0.2, 0.25) is 0 Å². The van der Waals surface area contributed by atoms with E-state index in [0.717, 1.165) is 0 Å². The monoisotopic (exact) mass is 320 g/mol. The number of carbonyl (C=O) groups excluding carboxylic acids is 2. The van der Waals surface area contributed by atoms with E-state index in [2.05, 4.69) is 10.6 Å². The number of nitrogens with one attached hydrogen (secondary N) is 2. The van der Waals surface area contributed by atoms with Gasteiger partial charge in [-0.15, -0.1) is 11.3 Å². The molecule has 7 heteroatoms. The highest BCUT2D eigenvalue weighted by Crippen LogP contribution is 2.16. The van der Waals surface area contributed by atoms with Gasteiger partial charge in [-0.2, -0.15) is 0 Å². The van der Waals surface area contributed by atoms with Gasteiger partial charge in [0.1, 0.15) is 0 Å². The molecule has 1 aromatic heterocycles. The van der Waals surface area contributed by atoms with Crippen LogP contribution in [0.25, 0.3) is 0 Å². The molecular formula is C14H12N2O3S2. The maximum atomic E-state index is 11.9. The normalized spacial score (nSPS) is 9.76. The second-order valence-corrected chi connectivity index (χ2v) is 5.28. The van der Waals surface area contributed by atoms with E-state index in [1.54, 1.807) is 41.8 Å². The molecule has 0 atom stereocenters. The van der Waals surface area contributed by atoms with E-state index in [0.29, 0.717) is 16.1 Å². The zero-order chi connectivity index (χ0) is 15.2. The molecule has 21 heavy (non-hydrogen) atoms. The first kappa shape index (κ1) is 15.1. The first-order chi connectivity index (χ1) is 10.1. The second kappa shape index (κ2) is 6.96. The summed E-state index contributed by atoms with van der Waals surface area (Å²) in [6, 6.07) is 10.2. The summed E-state index contributed by atoms with van der Waals surface area (Å²) in [5.41, 5.74) is 0.813. The Morgan fingerprint density at radius 3 is 2.62 bits per heavy atom. The number of methoxy groups -OCH3 is 1. The molecule has 2 N–H and O–H groups in total. The van der Waals surface area contributed by atoms with Crippen molar-refractivity contribution >= 4 is 46.2 Å². The summed E-state index contributed by atoms with van der Waals surface area (Å²) in [6.07, 6.45) is 0. The maximum Gasteiger partial charge on any atom is 0.339 e. The van der Waals surface area contributed by atoms with Crippen molar-refractivity contribution in [2.75, 3.05) is 12.4 Å². The van der Waals surface area contributed by atoms with Crippen molar-refractivity contribution in [1.29, 1.82) is 0 Å². The summed E-state index contributed by atoms with van der Waals surface area (Å²) in [5.74, 6) is -0.775. The Labute approximate surface area is 130 Å². The number of thiocarbonyl (C=S) groups is 1. The highest BCUT2D eigenvalue weighted by atomic mass is 32.1. The van der Waals surface area contributed by atoms with E-state index >= 15 is 0 Å². The van der Waals surface area contributed by atoms with Gasteiger partial charge in [0, 0.05) is 0 Å². The summed E-state index contributed by atoms with van der Waals surface area (Å²) in [4.78, 5) is 24.1. The van der Waals surface area contributed by atoms with Crippen LogP contribution in [0.3, 0.4) is 0 Å². The molecule has 0 saturated carbocycles. The van der Waals surface area contributed by atoms with Gasteiger partial charge in [0.15, 0.2) is 5.11 Å².